The third-order valence-corrected chi connectivity index (χ3v) is 3.70. The van der Waals surface area contributed by atoms with Crippen LogP contribution >= 0.6 is 0 Å². The van der Waals surface area contributed by atoms with Gasteiger partial charge in [0.15, 0.2) is 5.82 Å². The number of hydrogen-bond acceptors (Lipinski definition) is 5. The summed E-state index contributed by atoms with van der Waals surface area (Å²) in [6.45, 7) is 2.82. The molecule has 0 bridgehead atoms. The van der Waals surface area contributed by atoms with E-state index in [0.717, 1.165) is 5.56 Å². The van der Waals surface area contributed by atoms with Crippen molar-refractivity contribution in [3.63, 3.8) is 0 Å². The molecule has 1 aliphatic rings. The topological polar surface area (TPSA) is 58.5 Å². The van der Waals surface area contributed by atoms with Gasteiger partial charge in [-0.1, -0.05) is 12.1 Å². The van der Waals surface area contributed by atoms with Crippen molar-refractivity contribution < 1.29 is 14.2 Å². The third-order valence-electron chi connectivity index (χ3n) is 3.70. The lowest BCUT2D eigenvalue weighted by Gasteiger charge is -2.25. The van der Waals surface area contributed by atoms with Gasteiger partial charge in [0, 0.05) is 6.54 Å². The van der Waals surface area contributed by atoms with Crippen LogP contribution in [0.2, 0.25) is 0 Å². The molecule has 1 aromatic carbocycles. The number of anilines is 1. The molecule has 0 radical (unpaired) electrons. The molecule has 1 fully saturated rings. The number of nitrogens with zero attached hydrogens (tertiary/aromatic N) is 3. The second-order valence-electron chi connectivity index (χ2n) is 5.26. The molecule has 1 aromatic heterocycles. The minimum absolute atomic E-state index is 0.128. The minimum Gasteiger partial charge on any atom is -0.477 e. The molecule has 2 atom stereocenters. The van der Waals surface area contributed by atoms with Gasteiger partial charge in [-0.15, -0.1) is 0 Å². The summed E-state index contributed by atoms with van der Waals surface area (Å²) >= 11 is 0. The van der Waals surface area contributed by atoms with Gasteiger partial charge in [0.25, 0.3) is 0 Å². The number of rotatable bonds is 4. The highest BCUT2D eigenvalue weighted by atomic mass is 19.1. The number of β-amino-alcohol motifs (C(OH)–C–C–N with tert-alkyl or cyclic N) is 1. The van der Waals surface area contributed by atoms with Gasteiger partial charge in [0.2, 0.25) is 5.88 Å². The Balaban J connectivity index is 1.92. The average molecular weight is 303 g/mol. The zero-order valence-electron chi connectivity index (χ0n) is 12.3. The van der Waals surface area contributed by atoms with Crippen molar-refractivity contribution in [3.8, 4) is 5.88 Å². The van der Waals surface area contributed by atoms with Crippen molar-refractivity contribution in [2.24, 2.45) is 0 Å². The number of hydrogen-bond donors (Lipinski definition) is 1. The number of aliphatic hydroxyl groups excluding tert-OH is 1. The summed E-state index contributed by atoms with van der Waals surface area (Å²) in [5.41, 5.74) is 0.820. The van der Waals surface area contributed by atoms with Crippen molar-refractivity contribution in [2.45, 2.75) is 25.5 Å². The molecule has 22 heavy (non-hydrogen) atoms. The molecule has 6 heteroatoms. The summed E-state index contributed by atoms with van der Waals surface area (Å²) in [6, 6.07) is 6.32. The summed E-state index contributed by atoms with van der Waals surface area (Å²) in [5, 5.41) is 10.0. The van der Waals surface area contributed by atoms with Crippen molar-refractivity contribution in [2.75, 3.05) is 18.1 Å². The largest absolute Gasteiger partial charge is 0.477 e. The van der Waals surface area contributed by atoms with Gasteiger partial charge in [-0.05, 0) is 31.0 Å². The van der Waals surface area contributed by atoms with Gasteiger partial charge >= 0.3 is 0 Å². The molecule has 0 aliphatic carbocycles. The third kappa shape index (κ3) is 3.01. The first-order valence-corrected chi connectivity index (χ1v) is 7.32. The van der Waals surface area contributed by atoms with Crippen LogP contribution in [-0.4, -0.2) is 34.3 Å². The molecule has 0 spiro atoms. The zero-order valence-corrected chi connectivity index (χ0v) is 12.3. The predicted octanol–water partition coefficient (Wildman–Crippen LogP) is 2.33. The average Bonchev–Trinajstić information content (AvgIpc) is 2.90. The van der Waals surface area contributed by atoms with E-state index in [1.54, 1.807) is 18.5 Å². The van der Waals surface area contributed by atoms with E-state index in [1.807, 2.05) is 17.9 Å². The molecule has 0 amide bonds. The van der Waals surface area contributed by atoms with Crippen molar-refractivity contribution >= 4 is 5.82 Å². The van der Waals surface area contributed by atoms with E-state index in [1.165, 1.54) is 12.1 Å². The Hall–Kier alpha value is -2.21. The number of ether oxygens (including phenoxy) is 1. The summed E-state index contributed by atoms with van der Waals surface area (Å²) in [4.78, 5) is 10.5. The Labute approximate surface area is 128 Å². The quantitative estimate of drug-likeness (QED) is 0.939. The molecule has 3 rings (SSSR count). The lowest BCUT2D eigenvalue weighted by atomic mass is 10.0. The van der Waals surface area contributed by atoms with Crippen LogP contribution in [0.15, 0.2) is 36.7 Å². The van der Waals surface area contributed by atoms with Crippen LogP contribution in [0.3, 0.4) is 0 Å². The van der Waals surface area contributed by atoms with Crippen molar-refractivity contribution in [1.29, 1.82) is 0 Å². The molecular weight excluding hydrogens is 285 g/mol. The van der Waals surface area contributed by atoms with E-state index in [9.17, 15) is 9.50 Å². The van der Waals surface area contributed by atoms with Crippen molar-refractivity contribution in [1.82, 2.24) is 9.97 Å². The molecule has 0 unspecified atom stereocenters. The summed E-state index contributed by atoms with van der Waals surface area (Å²) in [5.74, 6) is 0.782. The summed E-state index contributed by atoms with van der Waals surface area (Å²) < 4.78 is 18.9. The molecule has 2 aromatic rings. The van der Waals surface area contributed by atoms with Gasteiger partial charge < -0.3 is 14.7 Å². The van der Waals surface area contributed by atoms with E-state index in [-0.39, 0.29) is 11.9 Å². The standard InChI is InChI=1S/C16H18FN3O2/c1-2-22-16-9-18-8-15(19-16)20-10-13(21)7-14(20)11-4-3-5-12(17)6-11/h3-6,8-9,13-14,21H,2,7,10H2,1H3/t13-,14-/m1/s1. The molecule has 5 nitrogen and oxygen atoms in total. The van der Waals surface area contributed by atoms with E-state index in [2.05, 4.69) is 9.97 Å². The molecule has 1 N–H and O–H groups in total. The number of aliphatic hydroxyl groups is 1. The highest BCUT2D eigenvalue weighted by Crippen LogP contribution is 2.35. The SMILES string of the molecule is CCOc1cncc(N2C[C@H](O)C[C@@H]2c2cccc(F)c2)n1. The molecule has 2 heterocycles. The smallest absolute Gasteiger partial charge is 0.234 e. The molecule has 1 aliphatic heterocycles. The lowest BCUT2D eigenvalue weighted by molar-refractivity contribution is 0.194. The first-order valence-electron chi connectivity index (χ1n) is 7.32. The van der Waals surface area contributed by atoms with Gasteiger partial charge in [-0.2, -0.15) is 4.98 Å². The van der Waals surface area contributed by atoms with Crippen molar-refractivity contribution in [3.05, 3.63) is 48.0 Å². The van der Waals surface area contributed by atoms with E-state index < -0.39 is 6.10 Å². The number of aromatic nitrogens is 2. The van der Waals surface area contributed by atoms with Crippen LogP contribution in [0.1, 0.15) is 24.9 Å². The molecular formula is C16H18FN3O2. The highest BCUT2D eigenvalue weighted by Gasteiger charge is 2.33. The zero-order chi connectivity index (χ0) is 15.5. The Morgan fingerprint density at radius 2 is 2.27 bits per heavy atom. The Bertz CT molecular complexity index is 653. The lowest BCUT2D eigenvalue weighted by Crippen LogP contribution is -2.25. The Morgan fingerprint density at radius 3 is 3.05 bits per heavy atom. The molecule has 116 valence electrons. The number of benzene rings is 1. The fourth-order valence-electron chi connectivity index (χ4n) is 2.79. The number of halogens is 1. The van der Waals surface area contributed by atoms with Crippen LogP contribution in [0, 0.1) is 5.82 Å². The maximum absolute atomic E-state index is 13.5. The van der Waals surface area contributed by atoms with E-state index in [0.29, 0.717) is 31.3 Å². The van der Waals surface area contributed by atoms with Crippen LogP contribution < -0.4 is 9.64 Å². The van der Waals surface area contributed by atoms with Gasteiger partial charge in [0.05, 0.1) is 31.1 Å². The second-order valence-corrected chi connectivity index (χ2v) is 5.26. The van der Waals surface area contributed by atoms with Crippen LogP contribution in [0.4, 0.5) is 10.2 Å². The maximum atomic E-state index is 13.5. The van der Waals surface area contributed by atoms with E-state index >= 15 is 0 Å². The summed E-state index contributed by atoms with van der Waals surface area (Å²) in [6.07, 6.45) is 3.24. The first kappa shape index (κ1) is 14.7. The van der Waals surface area contributed by atoms with E-state index in [4.69, 9.17) is 4.74 Å². The summed E-state index contributed by atoms with van der Waals surface area (Å²) in [7, 11) is 0. The Morgan fingerprint density at radius 1 is 1.41 bits per heavy atom. The molecule has 0 saturated carbocycles. The predicted molar refractivity (Wildman–Crippen MR) is 80.3 cm³/mol. The maximum Gasteiger partial charge on any atom is 0.234 e. The fourth-order valence-corrected chi connectivity index (χ4v) is 2.79. The Kier molecular flexibility index (Phi) is 4.20. The monoisotopic (exact) mass is 303 g/mol. The van der Waals surface area contributed by atoms with Crippen LogP contribution in [-0.2, 0) is 0 Å². The minimum atomic E-state index is -0.481. The first-order chi connectivity index (χ1) is 10.7. The fraction of sp³-hybridized carbons (Fsp3) is 0.375. The molecule has 1 saturated heterocycles. The van der Waals surface area contributed by atoms with Crippen LogP contribution in [0.25, 0.3) is 0 Å². The second kappa shape index (κ2) is 6.27. The van der Waals surface area contributed by atoms with Crippen LogP contribution in [0.5, 0.6) is 5.88 Å². The normalized spacial score (nSPS) is 21.1. The van der Waals surface area contributed by atoms with Gasteiger partial charge in [-0.25, -0.2) is 4.39 Å². The van der Waals surface area contributed by atoms with Gasteiger partial charge in [-0.3, -0.25) is 4.98 Å². The van der Waals surface area contributed by atoms with Gasteiger partial charge in [0.1, 0.15) is 5.82 Å². The highest BCUT2D eigenvalue weighted by molar-refractivity contribution is 5.44.